The Kier molecular flexibility index (Phi) is 4.79. The number of non-ortho nitro benzene ring substituents is 1. The Morgan fingerprint density at radius 2 is 1.78 bits per heavy atom. The quantitative estimate of drug-likeness (QED) is 0.245. The maximum atomic E-state index is 10.7. The number of nitrogens with zero attached hydrogens (tertiary/aromatic N) is 2. The van der Waals surface area contributed by atoms with Crippen LogP contribution in [0, 0.1) is 17.0 Å². The highest BCUT2D eigenvalue weighted by molar-refractivity contribution is 8.00. The minimum absolute atomic E-state index is 0.0923. The summed E-state index contributed by atoms with van der Waals surface area (Å²) in [6, 6.07) is 20.9. The molecule has 0 aliphatic carbocycles. The van der Waals surface area contributed by atoms with Crippen LogP contribution in [0.2, 0.25) is 0 Å². The highest BCUT2D eigenvalue weighted by Crippen LogP contribution is 2.32. The Balaban J connectivity index is 1.45. The SMILES string of the molecule is Cc1ccc2nc(-c3ccc(NSc4ccc([N+](=O)[O-])cc4)cc3)sc2c1. The second-order valence-corrected chi connectivity index (χ2v) is 7.93. The molecule has 0 unspecified atom stereocenters. The lowest BCUT2D eigenvalue weighted by Gasteiger charge is -2.06. The molecule has 0 aliphatic heterocycles. The van der Waals surface area contributed by atoms with Crippen LogP contribution in [0.5, 0.6) is 0 Å². The van der Waals surface area contributed by atoms with Gasteiger partial charge in [0, 0.05) is 28.3 Å². The van der Waals surface area contributed by atoms with Crippen molar-refractivity contribution in [1.82, 2.24) is 4.98 Å². The Hall–Kier alpha value is -2.90. The molecule has 4 rings (SSSR count). The van der Waals surface area contributed by atoms with E-state index in [0.717, 1.165) is 26.7 Å². The summed E-state index contributed by atoms with van der Waals surface area (Å²) < 4.78 is 4.45. The number of rotatable bonds is 5. The maximum Gasteiger partial charge on any atom is 0.269 e. The van der Waals surface area contributed by atoms with E-state index in [2.05, 4.69) is 29.8 Å². The van der Waals surface area contributed by atoms with E-state index in [1.165, 1.54) is 34.3 Å². The van der Waals surface area contributed by atoms with Crippen LogP contribution in [0.25, 0.3) is 20.8 Å². The first-order valence-electron chi connectivity index (χ1n) is 8.23. The van der Waals surface area contributed by atoms with Crippen LogP contribution in [0.15, 0.2) is 71.6 Å². The third-order valence-electron chi connectivity index (χ3n) is 4.01. The summed E-state index contributed by atoms with van der Waals surface area (Å²) >= 11 is 3.11. The topological polar surface area (TPSA) is 68.1 Å². The molecule has 27 heavy (non-hydrogen) atoms. The van der Waals surface area contributed by atoms with Crippen LogP contribution >= 0.6 is 23.3 Å². The van der Waals surface area contributed by atoms with Crippen LogP contribution in [0.4, 0.5) is 11.4 Å². The van der Waals surface area contributed by atoms with Crippen molar-refractivity contribution in [3.8, 4) is 10.6 Å². The molecule has 0 fully saturated rings. The van der Waals surface area contributed by atoms with Gasteiger partial charge in [0.15, 0.2) is 0 Å². The van der Waals surface area contributed by atoms with Crippen molar-refractivity contribution in [1.29, 1.82) is 0 Å². The molecule has 0 amide bonds. The van der Waals surface area contributed by atoms with Crippen molar-refractivity contribution in [2.24, 2.45) is 0 Å². The van der Waals surface area contributed by atoms with Crippen LogP contribution in [0.1, 0.15) is 5.56 Å². The minimum Gasteiger partial charge on any atom is -0.326 e. The number of fused-ring (bicyclic) bond motifs is 1. The molecule has 1 N–H and O–H groups in total. The Bertz CT molecular complexity index is 1110. The predicted octanol–water partition coefficient (Wildman–Crippen LogP) is 6.30. The molecule has 5 nitrogen and oxygen atoms in total. The molecule has 0 saturated carbocycles. The fraction of sp³-hybridized carbons (Fsp3) is 0.0500. The van der Waals surface area contributed by atoms with Crippen molar-refractivity contribution in [3.63, 3.8) is 0 Å². The molecule has 0 aliphatic rings. The molecular formula is C20H15N3O2S2. The van der Waals surface area contributed by atoms with Gasteiger partial charge in [-0.2, -0.15) is 0 Å². The monoisotopic (exact) mass is 393 g/mol. The number of nitro groups is 1. The minimum atomic E-state index is -0.399. The zero-order valence-corrected chi connectivity index (χ0v) is 16.0. The second-order valence-electron chi connectivity index (χ2n) is 6.02. The first kappa shape index (κ1) is 17.5. The van der Waals surface area contributed by atoms with Gasteiger partial charge in [-0.05, 0) is 73.0 Å². The summed E-state index contributed by atoms with van der Waals surface area (Å²) in [7, 11) is 0. The van der Waals surface area contributed by atoms with E-state index < -0.39 is 4.92 Å². The fourth-order valence-electron chi connectivity index (χ4n) is 2.59. The van der Waals surface area contributed by atoms with Gasteiger partial charge in [0.25, 0.3) is 5.69 Å². The van der Waals surface area contributed by atoms with E-state index in [1.54, 1.807) is 23.5 Å². The van der Waals surface area contributed by atoms with Gasteiger partial charge >= 0.3 is 0 Å². The molecule has 0 saturated heterocycles. The number of benzene rings is 3. The summed E-state index contributed by atoms with van der Waals surface area (Å²) in [6.45, 7) is 2.09. The molecule has 0 bridgehead atoms. The van der Waals surface area contributed by atoms with E-state index >= 15 is 0 Å². The maximum absolute atomic E-state index is 10.7. The van der Waals surface area contributed by atoms with E-state index in [-0.39, 0.29) is 5.69 Å². The van der Waals surface area contributed by atoms with Crippen molar-refractivity contribution in [3.05, 3.63) is 82.4 Å². The Morgan fingerprint density at radius 1 is 1.04 bits per heavy atom. The molecule has 0 spiro atoms. The molecule has 134 valence electrons. The average molecular weight is 393 g/mol. The van der Waals surface area contributed by atoms with Crippen molar-refractivity contribution < 1.29 is 4.92 Å². The molecule has 3 aromatic carbocycles. The number of aromatic nitrogens is 1. The number of anilines is 1. The first-order chi connectivity index (χ1) is 13.1. The van der Waals surface area contributed by atoms with Crippen molar-refractivity contribution in [2.75, 3.05) is 4.72 Å². The molecule has 0 radical (unpaired) electrons. The van der Waals surface area contributed by atoms with E-state index in [1.807, 2.05) is 24.3 Å². The van der Waals surface area contributed by atoms with E-state index in [4.69, 9.17) is 4.98 Å². The fourth-order valence-corrected chi connectivity index (χ4v) is 4.30. The number of thiazole rings is 1. The molecule has 1 aromatic heterocycles. The molecular weight excluding hydrogens is 378 g/mol. The summed E-state index contributed by atoms with van der Waals surface area (Å²) in [4.78, 5) is 15.9. The van der Waals surface area contributed by atoms with Crippen molar-refractivity contribution in [2.45, 2.75) is 11.8 Å². The third-order valence-corrected chi connectivity index (χ3v) is 5.92. The summed E-state index contributed by atoms with van der Waals surface area (Å²) in [6.07, 6.45) is 0. The highest BCUT2D eigenvalue weighted by Gasteiger charge is 2.07. The molecule has 7 heteroatoms. The third kappa shape index (κ3) is 3.94. The van der Waals surface area contributed by atoms with E-state index in [9.17, 15) is 10.1 Å². The lowest BCUT2D eigenvalue weighted by molar-refractivity contribution is -0.384. The normalized spacial score (nSPS) is 10.9. The van der Waals surface area contributed by atoms with E-state index in [0.29, 0.717) is 0 Å². The van der Waals surface area contributed by atoms with Gasteiger partial charge in [-0.15, -0.1) is 11.3 Å². The predicted molar refractivity (Wildman–Crippen MR) is 112 cm³/mol. The van der Waals surface area contributed by atoms with Gasteiger partial charge in [0.2, 0.25) is 0 Å². The molecule has 0 atom stereocenters. The van der Waals surface area contributed by atoms with Crippen molar-refractivity contribution >= 4 is 44.9 Å². The lowest BCUT2D eigenvalue weighted by atomic mass is 10.2. The Labute approximate surface area is 164 Å². The number of hydrogen-bond acceptors (Lipinski definition) is 6. The molecule has 1 heterocycles. The van der Waals surface area contributed by atoms with Crippen LogP contribution in [0.3, 0.4) is 0 Å². The van der Waals surface area contributed by atoms with Gasteiger partial charge < -0.3 is 4.72 Å². The first-order valence-corrected chi connectivity index (χ1v) is 9.87. The smallest absolute Gasteiger partial charge is 0.269 e. The number of nitrogens with one attached hydrogen (secondary N) is 1. The number of nitro benzene ring substituents is 1. The largest absolute Gasteiger partial charge is 0.326 e. The zero-order chi connectivity index (χ0) is 18.8. The number of aryl methyl sites for hydroxylation is 1. The standard InChI is InChI=1S/C20H15N3O2S2/c1-13-2-11-18-19(12-13)26-20(21-18)14-3-5-15(6-4-14)22-27-17-9-7-16(8-10-17)23(24)25/h2-12,22H,1H3. The van der Waals surface area contributed by atoms with Gasteiger partial charge in [0.1, 0.15) is 5.01 Å². The van der Waals surface area contributed by atoms with Crippen LogP contribution < -0.4 is 4.72 Å². The average Bonchev–Trinajstić information content (AvgIpc) is 3.10. The lowest BCUT2D eigenvalue weighted by Crippen LogP contribution is -1.89. The highest BCUT2D eigenvalue weighted by atomic mass is 32.2. The van der Waals surface area contributed by atoms with Crippen LogP contribution in [-0.2, 0) is 0 Å². The van der Waals surface area contributed by atoms with Gasteiger partial charge in [-0.1, -0.05) is 6.07 Å². The summed E-state index contributed by atoms with van der Waals surface area (Å²) in [5, 5.41) is 11.7. The van der Waals surface area contributed by atoms with Gasteiger partial charge in [0.05, 0.1) is 15.1 Å². The zero-order valence-electron chi connectivity index (χ0n) is 14.4. The second kappa shape index (κ2) is 7.38. The van der Waals surface area contributed by atoms with Gasteiger partial charge in [-0.3, -0.25) is 10.1 Å². The molecule has 4 aromatic rings. The van der Waals surface area contributed by atoms with Gasteiger partial charge in [-0.25, -0.2) is 4.98 Å². The van der Waals surface area contributed by atoms with Crippen LogP contribution in [-0.4, -0.2) is 9.91 Å². The number of hydrogen-bond donors (Lipinski definition) is 1. The Morgan fingerprint density at radius 3 is 2.48 bits per heavy atom. The summed E-state index contributed by atoms with van der Waals surface area (Å²) in [5.74, 6) is 0. The summed E-state index contributed by atoms with van der Waals surface area (Å²) in [5.41, 5.74) is 4.39.